The Labute approximate surface area is 118 Å². The fourth-order valence-corrected chi connectivity index (χ4v) is 1.66. The Bertz CT molecular complexity index is 597. The van der Waals surface area contributed by atoms with Gasteiger partial charge in [0.15, 0.2) is 0 Å². The number of carbonyl (C=O) groups is 1. The molecule has 0 radical (unpaired) electrons. The third-order valence-corrected chi connectivity index (χ3v) is 2.54. The minimum atomic E-state index is -4.77. The highest BCUT2D eigenvalue weighted by Crippen LogP contribution is 2.25. The van der Waals surface area contributed by atoms with Crippen LogP contribution in [-0.4, -0.2) is 22.1 Å². The number of nitrogens with one attached hydrogen (secondary N) is 1. The van der Waals surface area contributed by atoms with Gasteiger partial charge in [-0.1, -0.05) is 18.2 Å². The van der Waals surface area contributed by atoms with E-state index in [0.29, 0.717) is 0 Å². The lowest BCUT2D eigenvalue weighted by atomic mass is 10.2. The largest absolute Gasteiger partial charge is 0.573 e. The van der Waals surface area contributed by atoms with Crippen LogP contribution in [0, 0.1) is 0 Å². The summed E-state index contributed by atoms with van der Waals surface area (Å²) in [6, 6.07) is 7.31. The van der Waals surface area contributed by atoms with Gasteiger partial charge in [-0.3, -0.25) is 9.48 Å². The van der Waals surface area contributed by atoms with Gasteiger partial charge in [-0.15, -0.1) is 13.2 Å². The highest BCUT2D eigenvalue weighted by molar-refractivity contribution is 5.75. The highest BCUT2D eigenvalue weighted by Gasteiger charge is 2.31. The molecule has 0 aliphatic heterocycles. The Balaban J connectivity index is 1.95. The number of carbonyl (C=O) groups excluding carboxylic acids is 1. The molecular weight excluding hydrogens is 287 g/mol. The first kappa shape index (κ1) is 14.9. The first-order valence-corrected chi connectivity index (χ1v) is 6.02. The Morgan fingerprint density at radius 2 is 2.05 bits per heavy atom. The average Bonchev–Trinajstić information content (AvgIpc) is 2.89. The van der Waals surface area contributed by atoms with Crippen molar-refractivity contribution < 1.29 is 22.7 Å². The summed E-state index contributed by atoms with van der Waals surface area (Å²) in [5.74, 6) is -0.690. The molecule has 1 aromatic carbocycles. The van der Waals surface area contributed by atoms with E-state index in [1.165, 1.54) is 29.1 Å². The summed E-state index contributed by atoms with van der Waals surface area (Å²) in [6.45, 7) is -0.0678. The number of benzene rings is 1. The van der Waals surface area contributed by atoms with Gasteiger partial charge >= 0.3 is 6.36 Å². The maximum atomic E-state index is 12.3. The zero-order chi connectivity index (χ0) is 15.3. The van der Waals surface area contributed by atoms with Crippen molar-refractivity contribution in [3.63, 3.8) is 0 Å². The van der Waals surface area contributed by atoms with Gasteiger partial charge in [-0.2, -0.15) is 5.10 Å². The Kier molecular flexibility index (Phi) is 4.46. The van der Waals surface area contributed by atoms with Crippen LogP contribution in [0.2, 0.25) is 0 Å². The number of hydrogen-bond acceptors (Lipinski definition) is 3. The van der Waals surface area contributed by atoms with Crippen LogP contribution in [0.4, 0.5) is 13.2 Å². The van der Waals surface area contributed by atoms with Crippen LogP contribution in [0.3, 0.4) is 0 Å². The van der Waals surface area contributed by atoms with Crippen molar-refractivity contribution in [2.24, 2.45) is 0 Å². The second kappa shape index (κ2) is 6.29. The summed E-state index contributed by atoms with van der Waals surface area (Å²) in [4.78, 5) is 11.6. The molecule has 8 heteroatoms. The molecule has 112 valence electrons. The summed E-state index contributed by atoms with van der Waals surface area (Å²) in [7, 11) is 0. The van der Waals surface area contributed by atoms with E-state index in [1.807, 2.05) is 0 Å². The normalized spacial score (nSPS) is 11.2. The Morgan fingerprint density at radius 3 is 2.71 bits per heavy atom. The summed E-state index contributed by atoms with van der Waals surface area (Å²) in [5, 5.41) is 6.38. The van der Waals surface area contributed by atoms with Crippen LogP contribution in [0.1, 0.15) is 5.56 Å². The number of ether oxygens (including phenoxy) is 1. The second-order valence-electron chi connectivity index (χ2n) is 4.14. The third-order valence-electron chi connectivity index (χ3n) is 2.54. The lowest BCUT2D eigenvalue weighted by molar-refractivity contribution is -0.274. The number of amides is 1. The number of hydrogen-bond donors (Lipinski definition) is 1. The van der Waals surface area contributed by atoms with Crippen LogP contribution in [0.25, 0.3) is 0 Å². The van der Waals surface area contributed by atoms with Gasteiger partial charge < -0.3 is 10.1 Å². The Hall–Kier alpha value is -2.51. The maximum absolute atomic E-state index is 12.3. The molecule has 0 saturated carbocycles. The molecule has 5 nitrogen and oxygen atoms in total. The molecule has 0 fully saturated rings. The highest BCUT2D eigenvalue weighted by atomic mass is 19.4. The lowest BCUT2D eigenvalue weighted by Crippen LogP contribution is -2.28. The van der Waals surface area contributed by atoms with E-state index in [0.717, 1.165) is 0 Å². The van der Waals surface area contributed by atoms with Gasteiger partial charge in [0, 0.05) is 24.5 Å². The third kappa shape index (κ3) is 4.83. The van der Waals surface area contributed by atoms with Gasteiger partial charge in [0.2, 0.25) is 5.91 Å². The molecule has 1 heterocycles. The smallest absolute Gasteiger partial charge is 0.405 e. The maximum Gasteiger partial charge on any atom is 0.573 e. The van der Waals surface area contributed by atoms with Crippen molar-refractivity contribution in [2.75, 3.05) is 0 Å². The number of rotatable bonds is 5. The molecule has 0 unspecified atom stereocenters. The molecule has 1 amide bonds. The minimum absolute atomic E-state index is 0.00467. The molecule has 2 rings (SSSR count). The van der Waals surface area contributed by atoms with Gasteiger partial charge in [0.25, 0.3) is 0 Å². The Morgan fingerprint density at radius 1 is 1.29 bits per heavy atom. The van der Waals surface area contributed by atoms with E-state index in [9.17, 15) is 18.0 Å². The van der Waals surface area contributed by atoms with Crippen LogP contribution < -0.4 is 10.1 Å². The molecular formula is C13H12F3N3O2. The molecule has 0 aliphatic carbocycles. The summed E-state index contributed by atoms with van der Waals surface area (Å²) >= 11 is 0. The fraction of sp³-hybridized carbons (Fsp3) is 0.231. The first-order valence-electron chi connectivity index (χ1n) is 6.02. The SMILES string of the molecule is O=C(Cn1cccn1)NCc1ccccc1OC(F)(F)F. The fourth-order valence-electron chi connectivity index (χ4n) is 1.66. The first-order chi connectivity index (χ1) is 9.94. The van der Waals surface area contributed by atoms with Crippen molar-refractivity contribution in [3.8, 4) is 5.75 Å². The molecule has 1 N–H and O–H groups in total. The molecule has 0 spiro atoms. The number of alkyl halides is 3. The zero-order valence-electron chi connectivity index (χ0n) is 10.8. The topological polar surface area (TPSA) is 56.2 Å². The van der Waals surface area contributed by atoms with Crippen LogP contribution in [-0.2, 0) is 17.9 Å². The predicted molar refractivity (Wildman–Crippen MR) is 67.2 cm³/mol. The summed E-state index contributed by atoms with van der Waals surface area (Å²) in [5.41, 5.74) is 0.239. The van der Waals surface area contributed by atoms with Crippen molar-refractivity contribution in [3.05, 3.63) is 48.3 Å². The molecule has 0 bridgehead atoms. The van der Waals surface area contributed by atoms with E-state index in [4.69, 9.17) is 0 Å². The van der Waals surface area contributed by atoms with E-state index in [1.54, 1.807) is 18.3 Å². The molecule has 2 aromatic rings. The summed E-state index contributed by atoms with van der Waals surface area (Å²) in [6.07, 6.45) is -1.63. The predicted octanol–water partition coefficient (Wildman–Crippen LogP) is 2.10. The average molecular weight is 299 g/mol. The molecule has 0 saturated heterocycles. The van der Waals surface area contributed by atoms with Crippen LogP contribution >= 0.6 is 0 Å². The van der Waals surface area contributed by atoms with Gasteiger partial charge in [0.1, 0.15) is 12.3 Å². The van der Waals surface area contributed by atoms with Crippen LogP contribution in [0.15, 0.2) is 42.7 Å². The van der Waals surface area contributed by atoms with E-state index in [2.05, 4.69) is 15.2 Å². The van der Waals surface area contributed by atoms with E-state index in [-0.39, 0.29) is 30.3 Å². The quantitative estimate of drug-likeness (QED) is 0.920. The zero-order valence-corrected chi connectivity index (χ0v) is 10.8. The van der Waals surface area contributed by atoms with Crippen molar-refractivity contribution in [1.29, 1.82) is 0 Å². The lowest BCUT2D eigenvalue weighted by Gasteiger charge is -2.13. The van der Waals surface area contributed by atoms with Crippen molar-refractivity contribution in [2.45, 2.75) is 19.5 Å². The van der Waals surface area contributed by atoms with Crippen LogP contribution in [0.5, 0.6) is 5.75 Å². The van der Waals surface area contributed by atoms with Gasteiger partial charge in [-0.25, -0.2) is 0 Å². The number of para-hydroxylation sites is 1. The number of aromatic nitrogens is 2. The van der Waals surface area contributed by atoms with E-state index >= 15 is 0 Å². The number of halogens is 3. The van der Waals surface area contributed by atoms with Crippen molar-refractivity contribution >= 4 is 5.91 Å². The number of nitrogens with zero attached hydrogens (tertiary/aromatic N) is 2. The van der Waals surface area contributed by atoms with Gasteiger partial charge in [0.05, 0.1) is 0 Å². The monoisotopic (exact) mass is 299 g/mol. The van der Waals surface area contributed by atoms with Crippen molar-refractivity contribution in [1.82, 2.24) is 15.1 Å². The van der Waals surface area contributed by atoms with Gasteiger partial charge in [-0.05, 0) is 12.1 Å². The summed E-state index contributed by atoms with van der Waals surface area (Å²) < 4.78 is 42.1. The van der Waals surface area contributed by atoms with E-state index < -0.39 is 6.36 Å². The minimum Gasteiger partial charge on any atom is -0.405 e. The second-order valence-corrected chi connectivity index (χ2v) is 4.14. The standard InChI is InChI=1S/C13H12F3N3O2/c14-13(15,16)21-11-5-2-1-4-10(11)8-17-12(20)9-19-7-3-6-18-19/h1-7H,8-9H2,(H,17,20). The molecule has 21 heavy (non-hydrogen) atoms. The molecule has 0 atom stereocenters. The molecule has 1 aromatic heterocycles. The molecule has 0 aliphatic rings.